The van der Waals surface area contributed by atoms with Crippen molar-refractivity contribution in [2.24, 2.45) is 5.84 Å². The predicted octanol–water partition coefficient (Wildman–Crippen LogP) is 0.848. The minimum Gasteiger partial charge on any atom is -0.391 e. The number of hydrogen-bond acceptors (Lipinski definition) is 7. The third kappa shape index (κ3) is 3.82. The molecule has 1 rings (SSSR count). The van der Waals surface area contributed by atoms with Gasteiger partial charge in [0.05, 0.1) is 11.0 Å². The molecular formula is C10H17N5O3. The summed E-state index contributed by atoms with van der Waals surface area (Å²) >= 11 is 0. The van der Waals surface area contributed by atoms with E-state index in [0.29, 0.717) is 12.2 Å². The van der Waals surface area contributed by atoms with Crippen molar-refractivity contribution >= 4 is 17.3 Å². The van der Waals surface area contributed by atoms with Gasteiger partial charge in [0.1, 0.15) is 5.82 Å². The number of nitrogens with one attached hydrogen (secondary N) is 2. The number of hydrogen-bond donors (Lipinski definition) is 4. The number of aliphatic hydroxyl groups excluding tert-OH is 1. The molecule has 0 aliphatic rings. The Morgan fingerprint density at radius 2 is 2.33 bits per heavy atom. The monoisotopic (exact) mass is 255 g/mol. The molecule has 1 atom stereocenters. The highest BCUT2D eigenvalue weighted by Gasteiger charge is 2.16. The average Bonchev–Trinajstić information content (AvgIpc) is 2.36. The van der Waals surface area contributed by atoms with Crippen molar-refractivity contribution in [3.63, 3.8) is 0 Å². The maximum atomic E-state index is 10.8. The quantitative estimate of drug-likeness (QED) is 0.323. The van der Waals surface area contributed by atoms with Gasteiger partial charge in [-0.3, -0.25) is 10.1 Å². The lowest BCUT2D eigenvalue weighted by Gasteiger charge is -2.11. The molecular weight excluding hydrogens is 238 g/mol. The maximum absolute atomic E-state index is 10.8. The van der Waals surface area contributed by atoms with Crippen LogP contribution < -0.4 is 16.6 Å². The second kappa shape index (κ2) is 6.72. The summed E-state index contributed by atoms with van der Waals surface area (Å²) in [7, 11) is 0. The Labute approximate surface area is 104 Å². The third-order valence-electron chi connectivity index (χ3n) is 2.35. The Hall–Kier alpha value is -1.93. The van der Waals surface area contributed by atoms with Crippen molar-refractivity contribution in [3.8, 4) is 0 Å². The molecule has 1 heterocycles. The van der Waals surface area contributed by atoms with Crippen LogP contribution in [0, 0.1) is 10.1 Å². The molecule has 0 spiro atoms. The largest absolute Gasteiger partial charge is 0.391 e. The molecule has 5 N–H and O–H groups in total. The first kappa shape index (κ1) is 14.1. The highest BCUT2D eigenvalue weighted by Crippen LogP contribution is 2.23. The number of aromatic nitrogens is 1. The van der Waals surface area contributed by atoms with Crippen LogP contribution in [0.1, 0.15) is 19.8 Å². The smallest absolute Gasteiger partial charge is 0.311 e. The van der Waals surface area contributed by atoms with E-state index in [1.807, 2.05) is 6.92 Å². The zero-order valence-electron chi connectivity index (χ0n) is 10.1. The Kier molecular flexibility index (Phi) is 5.28. The van der Waals surface area contributed by atoms with Crippen molar-refractivity contribution in [2.75, 3.05) is 17.3 Å². The first-order chi connectivity index (χ1) is 8.58. The van der Waals surface area contributed by atoms with Crippen molar-refractivity contribution < 1.29 is 10.0 Å². The molecule has 0 aliphatic heterocycles. The fourth-order valence-corrected chi connectivity index (χ4v) is 1.46. The Morgan fingerprint density at radius 3 is 2.89 bits per heavy atom. The molecule has 0 bridgehead atoms. The summed E-state index contributed by atoms with van der Waals surface area (Å²) in [5, 5.41) is 23.1. The molecule has 0 amide bonds. The van der Waals surface area contributed by atoms with E-state index in [-0.39, 0.29) is 18.1 Å². The molecule has 8 heteroatoms. The van der Waals surface area contributed by atoms with Crippen molar-refractivity contribution in [2.45, 2.75) is 25.9 Å². The summed E-state index contributed by atoms with van der Waals surface area (Å²) in [6, 6.07) is 2.71. The normalized spacial score (nSPS) is 11.9. The van der Waals surface area contributed by atoms with Gasteiger partial charge in [-0.25, -0.2) is 10.8 Å². The van der Waals surface area contributed by atoms with Gasteiger partial charge in [-0.2, -0.15) is 0 Å². The van der Waals surface area contributed by atoms with Crippen molar-refractivity contribution in [1.29, 1.82) is 0 Å². The van der Waals surface area contributed by atoms with Crippen LogP contribution in [-0.2, 0) is 0 Å². The average molecular weight is 255 g/mol. The summed E-state index contributed by atoms with van der Waals surface area (Å²) in [4.78, 5) is 14.2. The number of hydrazine groups is 1. The van der Waals surface area contributed by atoms with E-state index in [4.69, 9.17) is 5.84 Å². The van der Waals surface area contributed by atoms with Gasteiger partial charge < -0.3 is 15.8 Å². The minimum atomic E-state index is -0.564. The molecule has 1 aromatic rings. The second-order valence-corrected chi connectivity index (χ2v) is 3.79. The molecule has 0 radical (unpaired) electrons. The number of nitro groups is 1. The summed E-state index contributed by atoms with van der Waals surface area (Å²) < 4.78 is 0. The number of aliphatic hydroxyl groups is 1. The first-order valence-corrected chi connectivity index (χ1v) is 5.62. The molecule has 1 unspecified atom stereocenters. The van der Waals surface area contributed by atoms with E-state index < -0.39 is 11.0 Å². The topological polar surface area (TPSA) is 126 Å². The van der Waals surface area contributed by atoms with Gasteiger partial charge in [-0.05, 0) is 12.5 Å². The summed E-state index contributed by atoms with van der Waals surface area (Å²) in [5.41, 5.74) is 2.16. The van der Waals surface area contributed by atoms with Gasteiger partial charge in [0.15, 0.2) is 0 Å². The van der Waals surface area contributed by atoms with Gasteiger partial charge in [0, 0.05) is 12.6 Å². The zero-order chi connectivity index (χ0) is 13.5. The SMILES string of the molecule is CCCC(O)CNc1nc(NN)ccc1[N+](=O)[O-]. The Morgan fingerprint density at radius 1 is 1.61 bits per heavy atom. The van der Waals surface area contributed by atoms with Crippen LogP contribution in [0.15, 0.2) is 12.1 Å². The van der Waals surface area contributed by atoms with Crippen LogP contribution in [0.5, 0.6) is 0 Å². The van der Waals surface area contributed by atoms with Gasteiger partial charge in [0.2, 0.25) is 5.82 Å². The van der Waals surface area contributed by atoms with Crippen LogP contribution in [0.2, 0.25) is 0 Å². The lowest BCUT2D eigenvalue weighted by Crippen LogP contribution is -2.20. The molecule has 18 heavy (non-hydrogen) atoms. The van der Waals surface area contributed by atoms with Crippen LogP contribution in [0.3, 0.4) is 0 Å². The summed E-state index contributed by atoms with van der Waals surface area (Å²) in [5.74, 6) is 5.59. The van der Waals surface area contributed by atoms with Gasteiger partial charge in [-0.15, -0.1) is 0 Å². The first-order valence-electron chi connectivity index (χ1n) is 5.62. The van der Waals surface area contributed by atoms with E-state index >= 15 is 0 Å². The summed E-state index contributed by atoms with van der Waals surface area (Å²) in [6.45, 7) is 2.15. The lowest BCUT2D eigenvalue weighted by atomic mass is 10.2. The highest BCUT2D eigenvalue weighted by molar-refractivity contribution is 5.59. The number of nitrogens with zero attached hydrogens (tertiary/aromatic N) is 2. The van der Waals surface area contributed by atoms with E-state index in [9.17, 15) is 15.2 Å². The van der Waals surface area contributed by atoms with E-state index in [1.165, 1.54) is 12.1 Å². The number of pyridine rings is 1. The number of rotatable bonds is 7. The van der Waals surface area contributed by atoms with Crippen molar-refractivity contribution in [3.05, 3.63) is 22.2 Å². The van der Waals surface area contributed by atoms with Crippen molar-refractivity contribution in [1.82, 2.24) is 4.98 Å². The Balaban J connectivity index is 2.80. The minimum absolute atomic E-state index is 0.0885. The molecule has 8 nitrogen and oxygen atoms in total. The fraction of sp³-hybridized carbons (Fsp3) is 0.500. The van der Waals surface area contributed by atoms with E-state index in [0.717, 1.165) is 6.42 Å². The lowest BCUT2D eigenvalue weighted by molar-refractivity contribution is -0.384. The summed E-state index contributed by atoms with van der Waals surface area (Å²) in [6.07, 6.45) is 0.893. The molecule has 0 aliphatic carbocycles. The fourth-order valence-electron chi connectivity index (χ4n) is 1.46. The molecule has 100 valence electrons. The molecule has 0 saturated heterocycles. The van der Waals surface area contributed by atoms with Crippen LogP contribution in [0.25, 0.3) is 0 Å². The Bertz CT molecular complexity index is 412. The number of nitrogens with two attached hydrogens (primary N) is 1. The van der Waals surface area contributed by atoms with E-state index in [1.54, 1.807) is 0 Å². The van der Waals surface area contributed by atoms with Crippen LogP contribution >= 0.6 is 0 Å². The molecule has 0 saturated carbocycles. The van der Waals surface area contributed by atoms with Gasteiger partial charge in [0.25, 0.3) is 0 Å². The van der Waals surface area contributed by atoms with Gasteiger partial charge in [-0.1, -0.05) is 13.3 Å². The number of nitrogen functional groups attached to an aromatic ring is 1. The number of anilines is 2. The van der Waals surface area contributed by atoms with Crippen LogP contribution in [-0.4, -0.2) is 27.7 Å². The molecule has 1 aromatic heterocycles. The van der Waals surface area contributed by atoms with E-state index in [2.05, 4.69) is 15.7 Å². The molecule has 0 fully saturated rings. The van der Waals surface area contributed by atoms with Crippen LogP contribution in [0.4, 0.5) is 17.3 Å². The molecule has 0 aromatic carbocycles. The zero-order valence-corrected chi connectivity index (χ0v) is 10.1. The van der Waals surface area contributed by atoms with Gasteiger partial charge >= 0.3 is 5.69 Å². The second-order valence-electron chi connectivity index (χ2n) is 3.79. The standard InChI is InChI=1S/C10H17N5O3/c1-2-3-7(16)6-12-10-8(15(17)18)4-5-9(13-10)14-11/h4-5,7,16H,2-3,6,11H2,1H3,(H2,12,13,14). The maximum Gasteiger partial charge on any atom is 0.311 e. The highest BCUT2D eigenvalue weighted by atomic mass is 16.6. The predicted molar refractivity (Wildman–Crippen MR) is 68.1 cm³/mol. The third-order valence-corrected chi connectivity index (χ3v) is 2.35.